The van der Waals surface area contributed by atoms with E-state index in [1.54, 1.807) is 0 Å². The average Bonchev–Trinajstić information content (AvgIpc) is 2.72. The second-order valence-corrected chi connectivity index (χ2v) is 6.58. The molecule has 0 radical (unpaired) electrons. The molecule has 4 heteroatoms. The Labute approximate surface area is 116 Å². The normalized spacial score (nSPS) is 20.1. The van der Waals surface area contributed by atoms with Crippen LogP contribution in [-0.2, 0) is 6.42 Å². The Morgan fingerprint density at radius 1 is 1.11 bits per heavy atom. The van der Waals surface area contributed by atoms with E-state index < -0.39 is 0 Å². The van der Waals surface area contributed by atoms with Crippen molar-refractivity contribution in [3.63, 3.8) is 0 Å². The summed E-state index contributed by atoms with van der Waals surface area (Å²) in [6.07, 6.45) is 1.98. The zero-order chi connectivity index (χ0) is 14.3. The highest BCUT2D eigenvalue weighted by Gasteiger charge is 2.65. The number of hydrogen-bond donors (Lipinski definition) is 2. The van der Waals surface area contributed by atoms with Crippen molar-refractivity contribution in [3.8, 4) is 0 Å². The molecule has 1 aromatic heterocycles. The summed E-state index contributed by atoms with van der Waals surface area (Å²) in [7, 11) is 1.90. The number of nitrogens with one attached hydrogen (secondary N) is 2. The summed E-state index contributed by atoms with van der Waals surface area (Å²) in [6.45, 7) is 11.4. The number of aryl methyl sites for hydroxylation is 1. The van der Waals surface area contributed by atoms with Crippen molar-refractivity contribution in [1.29, 1.82) is 0 Å². The maximum absolute atomic E-state index is 4.62. The highest BCUT2D eigenvalue weighted by molar-refractivity contribution is 5.50. The van der Waals surface area contributed by atoms with Gasteiger partial charge in [-0.3, -0.25) is 0 Å². The molecule has 106 valence electrons. The molecule has 0 atom stereocenters. The van der Waals surface area contributed by atoms with Crippen molar-refractivity contribution in [1.82, 2.24) is 9.97 Å². The molecule has 0 spiro atoms. The first-order chi connectivity index (χ1) is 8.82. The topological polar surface area (TPSA) is 49.8 Å². The molecule has 1 aliphatic rings. The molecule has 0 bridgehead atoms. The Bertz CT molecular complexity index is 451. The largest absolute Gasteiger partial charge is 0.373 e. The summed E-state index contributed by atoms with van der Waals surface area (Å²) in [6, 6.07) is 2.46. The van der Waals surface area contributed by atoms with Gasteiger partial charge < -0.3 is 10.6 Å². The molecular weight excluding hydrogens is 236 g/mol. The SMILES string of the molecule is CCCc1nc(NC)cc(NC2C(C)(C)C2(C)C)n1. The molecule has 4 nitrogen and oxygen atoms in total. The van der Waals surface area contributed by atoms with E-state index >= 15 is 0 Å². The molecule has 1 saturated carbocycles. The van der Waals surface area contributed by atoms with Gasteiger partial charge in [0.25, 0.3) is 0 Å². The Morgan fingerprint density at radius 2 is 1.68 bits per heavy atom. The van der Waals surface area contributed by atoms with E-state index in [0.29, 0.717) is 16.9 Å². The molecular formula is C15H26N4. The summed E-state index contributed by atoms with van der Waals surface area (Å²) in [5.41, 5.74) is 0.616. The molecule has 2 N–H and O–H groups in total. The van der Waals surface area contributed by atoms with E-state index in [2.05, 4.69) is 55.2 Å². The lowest BCUT2D eigenvalue weighted by atomic mass is 10.0. The van der Waals surface area contributed by atoms with Gasteiger partial charge in [0.05, 0.1) is 0 Å². The monoisotopic (exact) mass is 262 g/mol. The standard InChI is InChI=1S/C15H26N4/c1-7-8-10-17-11(16-6)9-12(18-10)19-13-14(2,3)15(13,4)5/h9,13H,7-8H2,1-6H3,(H2,16,17,18,19). The van der Waals surface area contributed by atoms with Crippen LogP contribution in [0.3, 0.4) is 0 Å². The average molecular weight is 262 g/mol. The minimum atomic E-state index is 0.308. The van der Waals surface area contributed by atoms with Crippen LogP contribution in [0.1, 0.15) is 46.9 Å². The van der Waals surface area contributed by atoms with Gasteiger partial charge in [0.1, 0.15) is 17.5 Å². The van der Waals surface area contributed by atoms with Gasteiger partial charge in [-0.1, -0.05) is 34.6 Å². The molecule has 19 heavy (non-hydrogen) atoms. The number of nitrogens with zero attached hydrogens (tertiary/aromatic N) is 2. The highest BCUT2D eigenvalue weighted by atomic mass is 15.1. The Morgan fingerprint density at radius 3 is 2.16 bits per heavy atom. The summed E-state index contributed by atoms with van der Waals surface area (Å²) in [5.74, 6) is 2.73. The maximum Gasteiger partial charge on any atom is 0.133 e. The van der Waals surface area contributed by atoms with E-state index in [-0.39, 0.29) is 0 Å². The van der Waals surface area contributed by atoms with E-state index in [0.717, 1.165) is 30.3 Å². The third-order valence-corrected chi connectivity index (χ3v) is 4.82. The lowest BCUT2D eigenvalue weighted by molar-refractivity contribution is 0.457. The van der Waals surface area contributed by atoms with Crippen LogP contribution in [0.4, 0.5) is 11.6 Å². The fourth-order valence-electron chi connectivity index (χ4n) is 2.74. The molecule has 2 rings (SSSR count). The van der Waals surface area contributed by atoms with Crippen LogP contribution < -0.4 is 10.6 Å². The minimum Gasteiger partial charge on any atom is -0.373 e. The minimum absolute atomic E-state index is 0.308. The molecule has 1 aromatic rings. The molecule has 1 fully saturated rings. The second-order valence-electron chi connectivity index (χ2n) is 6.58. The van der Waals surface area contributed by atoms with Gasteiger partial charge in [-0.05, 0) is 17.3 Å². The molecule has 1 heterocycles. The van der Waals surface area contributed by atoms with E-state index in [1.807, 2.05) is 13.1 Å². The summed E-state index contributed by atoms with van der Waals surface area (Å²) >= 11 is 0. The third kappa shape index (κ3) is 2.40. The second kappa shape index (κ2) is 4.66. The molecule has 1 aliphatic carbocycles. The Kier molecular flexibility index (Phi) is 3.45. The lowest BCUT2D eigenvalue weighted by Gasteiger charge is -2.11. The molecule has 0 saturated heterocycles. The van der Waals surface area contributed by atoms with E-state index in [9.17, 15) is 0 Å². The van der Waals surface area contributed by atoms with Crippen LogP contribution in [0, 0.1) is 10.8 Å². The number of rotatable bonds is 5. The maximum atomic E-state index is 4.62. The summed E-state index contributed by atoms with van der Waals surface area (Å²) < 4.78 is 0. The van der Waals surface area contributed by atoms with Gasteiger partial charge in [0, 0.05) is 25.6 Å². The van der Waals surface area contributed by atoms with Gasteiger partial charge in [-0.15, -0.1) is 0 Å². The molecule has 0 unspecified atom stereocenters. The predicted octanol–water partition coefficient (Wildman–Crippen LogP) is 3.32. The fraction of sp³-hybridized carbons (Fsp3) is 0.733. The molecule has 0 amide bonds. The smallest absolute Gasteiger partial charge is 0.133 e. The van der Waals surface area contributed by atoms with Gasteiger partial charge in [-0.2, -0.15) is 0 Å². The Hall–Kier alpha value is -1.32. The number of anilines is 2. The van der Waals surface area contributed by atoms with Crippen molar-refractivity contribution in [2.45, 2.75) is 53.5 Å². The zero-order valence-electron chi connectivity index (χ0n) is 13.0. The van der Waals surface area contributed by atoms with Crippen molar-refractivity contribution in [3.05, 3.63) is 11.9 Å². The van der Waals surface area contributed by atoms with Gasteiger partial charge in [0.2, 0.25) is 0 Å². The number of aromatic nitrogens is 2. The number of hydrogen-bond acceptors (Lipinski definition) is 4. The quantitative estimate of drug-likeness (QED) is 0.854. The van der Waals surface area contributed by atoms with Crippen LogP contribution in [0.15, 0.2) is 6.07 Å². The van der Waals surface area contributed by atoms with Crippen molar-refractivity contribution >= 4 is 11.6 Å². The lowest BCUT2D eigenvalue weighted by Crippen LogP contribution is -2.13. The first kappa shape index (κ1) is 14.1. The van der Waals surface area contributed by atoms with Crippen LogP contribution in [-0.4, -0.2) is 23.1 Å². The van der Waals surface area contributed by atoms with Gasteiger partial charge >= 0.3 is 0 Å². The highest BCUT2D eigenvalue weighted by Crippen LogP contribution is 2.63. The van der Waals surface area contributed by atoms with Crippen LogP contribution in [0.25, 0.3) is 0 Å². The van der Waals surface area contributed by atoms with Crippen LogP contribution in [0.2, 0.25) is 0 Å². The third-order valence-electron chi connectivity index (χ3n) is 4.82. The van der Waals surface area contributed by atoms with Crippen LogP contribution in [0.5, 0.6) is 0 Å². The summed E-state index contributed by atoms with van der Waals surface area (Å²) in [5, 5.41) is 6.69. The summed E-state index contributed by atoms with van der Waals surface area (Å²) in [4.78, 5) is 9.10. The first-order valence-corrected chi connectivity index (χ1v) is 7.15. The van der Waals surface area contributed by atoms with Crippen LogP contribution >= 0.6 is 0 Å². The zero-order valence-corrected chi connectivity index (χ0v) is 13.0. The van der Waals surface area contributed by atoms with Gasteiger partial charge in [-0.25, -0.2) is 9.97 Å². The Balaban J connectivity index is 2.19. The van der Waals surface area contributed by atoms with Gasteiger partial charge in [0.15, 0.2) is 0 Å². The van der Waals surface area contributed by atoms with E-state index in [1.165, 1.54) is 0 Å². The predicted molar refractivity (Wildman–Crippen MR) is 80.5 cm³/mol. The first-order valence-electron chi connectivity index (χ1n) is 7.15. The fourth-order valence-corrected chi connectivity index (χ4v) is 2.74. The van der Waals surface area contributed by atoms with Crippen molar-refractivity contribution in [2.75, 3.05) is 17.7 Å². The van der Waals surface area contributed by atoms with Crippen molar-refractivity contribution in [2.24, 2.45) is 10.8 Å². The van der Waals surface area contributed by atoms with Crippen molar-refractivity contribution < 1.29 is 0 Å². The molecule has 0 aliphatic heterocycles. The van der Waals surface area contributed by atoms with E-state index in [4.69, 9.17) is 0 Å². The molecule has 0 aromatic carbocycles.